The second kappa shape index (κ2) is 14.1. The van der Waals surface area contributed by atoms with Gasteiger partial charge in [-0.25, -0.2) is 4.79 Å². The predicted molar refractivity (Wildman–Crippen MR) is 174 cm³/mol. The van der Waals surface area contributed by atoms with Crippen LogP contribution < -0.4 is 14.7 Å². The Hall–Kier alpha value is -3.99. The quantitative estimate of drug-likeness (QED) is 0.158. The second-order valence-electron chi connectivity index (χ2n) is 10.2. The molecule has 0 bridgehead atoms. The number of fused-ring (bicyclic) bond motifs is 1. The number of hydrogen-bond acceptors (Lipinski definition) is 5. The van der Waals surface area contributed by atoms with Gasteiger partial charge in [-0.15, -0.1) is 0 Å². The van der Waals surface area contributed by atoms with Crippen LogP contribution in [0.2, 0.25) is 0 Å². The maximum absolute atomic E-state index is 12.7. The van der Waals surface area contributed by atoms with Crippen LogP contribution in [-0.2, 0) is 4.74 Å². The van der Waals surface area contributed by atoms with Crippen LogP contribution in [0.4, 0.5) is 17.1 Å². The summed E-state index contributed by atoms with van der Waals surface area (Å²) in [4.78, 5) is 19.7. The van der Waals surface area contributed by atoms with Crippen LogP contribution in [0.25, 0.3) is 5.57 Å². The Morgan fingerprint density at radius 3 is 1.56 bits per heavy atom. The van der Waals surface area contributed by atoms with E-state index in [0.717, 1.165) is 67.2 Å². The van der Waals surface area contributed by atoms with Gasteiger partial charge in [-0.3, -0.25) is 0 Å². The van der Waals surface area contributed by atoms with Crippen LogP contribution in [0.5, 0.6) is 0 Å². The zero-order valence-electron chi connectivity index (χ0n) is 25.6. The van der Waals surface area contributed by atoms with E-state index < -0.39 is 6.10 Å². The van der Waals surface area contributed by atoms with Crippen LogP contribution in [0.1, 0.15) is 74.7 Å². The number of carbonyl (C=O) groups excluding carboxylic acids is 1. The van der Waals surface area contributed by atoms with Gasteiger partial charge < -0.3 is 19.4 Å². The molecule has 5 heteroatoms. The Bertz CT molecular complexity index is 1290. The monoisotopic (exact) mass is 551 g/mol. The molecule has 0 radical (unpaired) electrons. The largest absolute Gasteiger partial charge is 0.450 e. The van der Waals surface area contributed by atoms with Crippen LogP contribution in [0.15, 0.2) is 85.0 Å². The van der Waals surface area contributed by atoms with E-state index in [-0.39, 0.29) is 5.97 Å². The van der Waals surface area contributed by atoms with E-state index in [9.17, 15) is 4.79 Å². The smallest absolute Gasteiger partial charge is 0.339 e. The highest BCUT2D eigenvalue weighted by molar-refractivity contribution is 5.95. The van der Waals surface area contributed by atoms with Gasteiger partial charge in [0.15, 0.2) is 0 Å². The Balaban J connectivity index is 1.66. The molecular formula is C36H45N3O2. The lowest BCUT2D eigenvalue weighted by Crippen LogP contribution is -2.21. The molecule has 1 unspecified atom stereocenters. The lowest BCUT2D eigenvalue weighted by molar-refractivity contribution is 0.0467. The minimum Gasteiger partial charge on any atom is -0.450 e. The van der Waals surface area contributed by atoms with Crippen LogP contribution in [0, 0.1) is 0 Å². The number of esters is 1. The molecule has 1 aliphatic rings. The minimum atomic E-state index is -0.393. The summed E-state index contributed by atoms with van der Waals surface area (Å²) in [5.41, 5.74) is 8.51. The van der Waals surface area contributed by atoms with Crippen molar-refractivity contribution in [3.63, 3.8) is 0 Å². The van der Waals surface area contributed by atoms with Gasteiger partial charge in [-0.05, 0) is 101 Å². The first kappa shape index (κ1) is 30.0. The van der Waals surface area contributed by atoms with Crippen molar-refractivity contribution in [2.24, 2.45) is 0 Å². The lowest BCUT2D eigenvalue weighted by atomic mass is 9.96. The van der Waals surface area contributed by atoms with Crippen molar-refractivity contribution < 1.29 is 9.53 Å². The number of nitrogens with zero attached hydrogens (tertiary/aromatic N) is 3. The molecule has 0 amide bonds. The van der Waals surface area contributed by atoms with Crippen molar-refractivity contribution >= 4 is 28.6 Å². The summed E-state index contributed by atoms with van der Waals surface area (Å²) in [7, 11) is 0. The molecule has 41 heavy (non-hydrogen) atoms. The summed E-state index contributed by atoms with van der Waals surface area (Å²) >= 11 is 0. The average Bonchev–Trinajstić information content (AvgIpc) is 3.32. The van der Waals surface area contributed by atoms with E-state index >= 15 is 0 Å². The predicted octanol–water partition coefficient (Wildman–Crippen LogP) is 8.12. The summed E-state index contributed by atoms with van der Waals surface area (Å²) in [6.07, 6.45) is 5.75. The van der Waals surface area contributed by atoms with Crippen LogP contribution >= 0.6 is 0 Å². The van der Waals surface area contributed by atoms with Crippen LogP contribution in [-0.4, -0.2) is 45.2 Å². The number of carbonyl (C=O) groups is 1. The fourth-order valence-electron chi connectivity index (χ4n) is 5.63. The molecule has 4 rings (SSSR count). The third-order valence-electron chi connectivity index (χ3n) is 8.09. The van der Waals surface area contributed by atoms with Crippen molar-refractivity contribution in [1.29, 1.82) is 0 Å². The van der Waals surface area contributed by atoms with E-state index in [4.69, 9.17) is 4.74 Å². The number of ether oxygens (including phenoxy) is 1. The van der Waals surface area contributed by atoms with E-state index in [1.165, 1.54) is 11.4 Å². The highest BCUT2D eigenvalue weighted by Gasteiger charge is 2.29. The molecule has 0 N–H and O–H groups in total. The molecule has 0 aromatic heterocycles. The van der Waals surface area contributed by atoms with Gasteiger partial charge in [0, 0.05) is 61.9 Å². The average molecular weight is 552 g/mol. The topological polar surface area (TPSA) is 36.0 Å². The first-order chi connectivity index (χ1) is 20.0. The minimum absolute atomic E-state index is 0.258. The number of anilines is 3. The highest BCUT2D eigenvalue weighted by Crippen LogP contribution is 2.35. The molecule has 3 aromatic carbocycles. The fraction of sp³-hybridized carbons (Fsp3) is 0.361. The van der Waals surface area contributed by atoms with Gasteiger partial charge in [0.2, 0.25) is 0 Å². The summed E-state index contributed by atoms with van der Waals surface area (Å²) in [6, 6.07) is 23.7. The number of cyclic esters (lactones) is 1. The van der Waals surface area contributed by atoms with Crippen LogP contribution in [0.3, 0.4) is 0 Å². The van der Waals surface area contributed by atoms with Gasteiger partial charge in [0.05, 0.1) is 5.56 Å². The Morgan fingerprint density at radius 1 is 0.659 bits per heavy atom. The molecule has 1 atom stereocenters. The molecule has 1 heterocycles. The standard InChI is InChI=1S/C36H45N3O2/c1-7-37(8-2)29-20-16-27(17-21-29)32(28-18-22-30(23-19-28)38(9-3)10-4)14-13-15-35-33-25-24-31(39(11-5)12-6)26-34(33)36(40)41-35/h13-26,35H,7-12H2,1-6H3. The molecule has 5 nitrogen and oxygen atoms in total. The van der Waals surface area contributed by atoms with E-state index in [2.05, 4.69) is 117 Å². The third-order valence-corrected chi connectivity index (χ3v) is 8.09. The van der Waals surface area contributed by atoms with Gasteiger partial charge in [-0.2, -0.15) is 0 Å². The van der Waals surface area contributed by atoms with Gasteiger partial charge in [0.25, 0.3) is 0 Å². The van der Waals surface area contributed by atoms with Crippen molar-refractivity contribution in [1.82, 2.24) is 0 Å². The maximum Gasteiger partial charge on any atom is 0.339 e. The molecule has 1 aliphatic heterocycles. The summed E-state index contributed by atoms with van der Waals surface area (Å²) in [5.74, 6) is -0.258. The zero-order valence-corrected chi connectivity index (χ0v) is 25.6. The Morgan fingerprint density at radius 2 is 1.10 bits per heavy atom. The summed E-state index contributed by atoms with van der Waals surface area (Å²) in [5, 5.41) is 0. The van der Waals surface area contributed by atoms with Gasteiger partial charge >= 0.3 is 5.97 Å². The fourth-order valence-corrected chi connectivity index (χ4v) is 5.63. The van der Waals surface area contributed by atoms with Gasteiger partial charge in [-0.1, -0.05) is 42.5 Å². The zero-order chi connectivity index (χ0) is 29.4. The first-order valence-corrected chi connectivity index (χ1v) is 15.2. The molecular weight excluding hydrogens is 506 g/mol. The second-order valence-corrected chi connectivity index (χ2v) is 10.2. The molecule has 216 valence electrons. The summed E-state index contributed by atoms with van der Waals surface area (Å²) in [6.45, 7) is 18.7. The van der Waals surface area contributed by atoms with E-state index in [0.29, 0.717) is 5.56 Å². The van der Waals surface area contributed by atoms with Crippen molar-refractivity contribution in [2.45, 2.75) is 47.6 Å². The van der Waals surface area contributed by atoms with E-state index in [1.807, 2.05) is 24.3 Å². The Kier molecular flexibility index (Phi) is 10.3. The molecule has 0 spiro atoms. The molecule has 0 saturated heterocycles. The number of allylic oxidation sites excluding steroid dienone is 2. The lowest BCUT2D eigenvalue weighted by Gasteiger charge is -2.22. The Labute approximate surface area is 246 Å². The molecule has 0 saturated carbocycles. The highest BCUT2D eigenvalue weighted by atomic mass is 16.5. The SMILES string of the molecule is CCN(CC)c1ccc(C(=CC=CC2OC(=O)c3cc(N(CC)CC)ccc32)c2ccc(N(CC)CC)cc2)cc1. The molecule has 0 fully saturated rings. The molecule has 0 aliphatic carbocycles. The van der Waals surface area contributed by atoms with E-state index in [1.54, 1.807) is 0 Å². The van der Waals surface area contributed by atoms with Crippen molar-refractivity contribution in [3.8, 4) is 0 Å². The normalized spacial score (nSPS) is 14.1. The number of rotatable bonds is 13. The summed E-state index contributed by atoms with van der Waals surface area (Å²) < 4.78 is 5.78. The van der Waals surface area contributed by atoms with Crippen molar-refractivity contribution in [3.05, 3.63) is 107 Å². The first-order valence-electron chi connectivity index (χ1n) is 15.2. The van der Waals surface area contributed by atoms with Crippen molar-refractivity contribution in [2.75, 3.05) is 54.0 Å². The van der Waals surface area contributed by atoms with Gasteiger partial charge in [0.1, 0.15) is 6.10 Å². The number of benzene rings is 3. The molecule has 3 aromatic rings. The maximum atomic E-state index is 12.7. The number of hydrogen-bond donors (Lipinski definition) is 0. The third kappa shape index (κ3) is 6.67.